The van der Waals surface area contributed by atoms with Gasteiger partial charge in [-0.3, -0.25) is 0 Å². The number of likely N-dealkylation sites (tertiary alicyclic amines) is 1. The predicted molar refractivity (Wildman–Crippen MR) is 76.6 cm³/mol. The third-order valence-electron chi connectivity index (χ3n) is 3.43. The molecule has 2 amide bonds. The first-order chi connectivity index (χ1) is 8.97. The van der Waals surface area contributed by atoms with Gasteiger partial charge in [0.1, 0.15) is 5.82 Å². The molecule has 0 aromatic heterocycles. The number of nitrogens with one attached hydrogen (secondary N) is 1. The molecule has 104 valence electrons. The maximum atomic E-state index is 13.3. The van der Waals surface area contributed by atoms with E-state index in [1.165, 1.54) is 6.07 Å². The van der Waals surface area contributed by atoms with Gasteiger partial charge in [0.25, 0.3) is 0 Å². The highest BCUT2D eigenvalue weighted by Crippen LogP contribution is 2.26. The number of halogens is 2. The van der Waals surface area contributed by atoms with Gasteiger partial charge in [-0.15, -0.1) is 0 Å². The van der Waals surface area contributed by atoms with Crippen molar-refractivity contribution in [2.24, 2.45) is 5.73 Å². The number of carbonyl (C=O) groups excluding carboxylic acids is 1. The van der Waals surface area contributed by atoms with Crippen molar-refractivity contribution in [3.05, 3.63) is 28.0 Å². The zero-order chi connectivity index (χ0) is 14.0. The number of nitrogens with zero attached hydrogens (tertiary/aromatic N) is 1. The first-order valence-corrected chi connectivity index (χ1v) is 7.03. The Balaban J connectivity index is 1.99. The summed E-state index contributed by atoms with van der Waals surface area (Å²) in [5, 5.41) is 3.40. The molecule has 1 aromatic rings. The second-order valence-electron chi connectivity index (χ2n) is 4.83. The van der Waals surface area contributed by atoms with E-state index in [2.05, 4.69) is 21.2 Å². The van der Waals surface area contributed by atoms with Crippen molar-refractivity contribution in [1.29, 1.82) is 0 Å². The molecule has 1 aliphatic rings. The molecule has 0 unspecified atom stereocenters. The summed E-state index contributed by atoms with van der Waals surface area (Å²) in [6.45, 7) is 3.19. The second kappa shape index (κ2) is 5.77. The number of nitrogens with two attached hydrogens (primary N) is 1. The van der Waals surface area contributed by atoms with Crippen LogP contribution >= 0.6 is 15.9 Å². The zero-order valence-corrected chi connectivity index (χ0v) is 12.3. The van der Waals surface area contributed by atoms with Gasteiger partial charge in [-0.2, -0.15) is 0 Å². The Morgan fingerprint density at radius 2 is 2.11 bits per heavy atom. The largest absolute Gasteiger partial charge is 0.382 e. The third-order valence-corrected chi connectivity index (χ3v) is 4.04. The van der Waals surface area contributed by atoms with Crippen LogP contribution in [0.15, 0.2) is 16.6 Å². The molecule has 1 fully saturated rings. The molecule has 0 spiro atoms. The number of amides is 2. The van der Waals surface area contributed by atoms with E-state index in [0.717, 1.165) is 24.1 Å². The highest BCUT2D eigenvalue weighted by molar-refractivity contribution is 9.10. The van der Waals surface area contributed by atoms with E-state index in [-0.39, 0.29) is 17.9 Å². The number of primary amides is 1. The minimum atomic E-state index is -0.362. The van der Waals surface area contributed by atoms with Gasteiger partial charge in [0.15, 0.2) is 0 Å². The number of urea groups is 1. The Hall–Kier alpha value is -1.30. The molecule has 0 atom stereocenters. The summed E-state index contributed by atoms with van der Waals surface area (Å²) < 4.78 is 13.8. The van der Waals surface area contributed by atoms with Crippen LogP contribution in [0.4, 0.5) is 14.9 Å². The van der Waals surface area contributed by atoms with E-state index >= 15 is 0 Å². The van der Waals surface area contributed by atoms with Crippen LogP contribution in [0.2, 0.25) is 0 Å². The lowest BCUT2D eigenvalue weighted by molar-refractivity contribution is 0.193. The maximum absolute atomic E-state index is 13.3. The molecule has 2 rings (SSSR count). The molecule has 0 saturated carbocycles. The first-order valence-electron chi connectivity index (χ1n) is 6.24. The molecule has 1 heterocycles. The maximum Gasteiger partial charge on any atom is 0.314 e. The lowest BCUT2D eigenvalue weighted by atomic mass is 10.0. The minimum absolute atomic E-state index is 0.258. The lowest BCUT2D eigenvalue weighted by Crippen LogP contribution is -2.44. The van der Waals surface area contributed by atoms with Crippen molar-refractivity contribution in [2.75, 3.05) is 18.4 Å². The van der Waals surface area contributed by atoms with Crippen molar-refractivity contribution in [3.63, 3.8) is 0 Å². The number of rotatable bonds is 2. The molecular formula is C13H17BrFN3O. The van der Waals surface area contributed by atoms with E-state index in [1.807, 2.05) is 6.92 Å². The summed E-state index contributed by atoms with van der Waals surface area (Å²) in [4.78, 5) is 12.7. The smallest absolute Gasteiger partial charge is 0.314 e. The van der Waals surface area contributed by atoms with Gasteiger partial charge in [0, 0.05) is 24.8 Å². The predicted octanol–water partition coefficient (Wildman–Crippen LogP) is 2.85. The number of piperidine rings is 1. The van der Waals surface area contributed by atoms with E-state index in [4.69, 9.17) is 5.73 Å². The van der Waals surface area contributed by atoms with Gasteiger partial charge in [-0.25, -0.2) is 9.18 Å². The molecule has 6 heteroatoms. The average molecular weight is 330 g/mol. The van der Waals surface area contributed by atoms with E-state index in [0.29, 0.717) is 17.6 Å². The van der Waals surface area contributed by atoms with Crippen molar-refractivity contribution < 1.29 is 9.18 Å². The molecule has 1 aromatic carbocycles. The Bertz CT molecular complexity index is 487. The van der Waals surface area contributed by atoms with Gasteiger partial charge in [-0.05, 0) is 53.4 Å². The molecule has 1 aliphatic heterocycles. The summed E-state index contributed by atoms with van der Waals surface area (Å²) in [6.07, 6.45) is 1.69. The number of benzene rings is 1. The van der Waals surface area contributed by atoms with Crippen LogP contribution in [-0.2, 0) is 0 Å². The Morgan fingerprint density at radius 1 is 1.47 bits per heavy atom. The molecular weight excluding hydrogens is 313 g/mol. The van der Waals surface area contributed by atoms with Crippen LogP contribution < -0.4 is 11.1 Å². The van der Waals surface area contributed by atoms with Gasteiger partial charge < -0.3 is 16.0 Å². The average Bonchev–Trinajstić information content (AvgIpc) is 2.36. The van der Waals surface area contributed by atoms with Crippen LogP contribution in [0.1, 0.15) is 18.4 Å². The van der Waals surface area contributed by atoms with Crippen LogP contribution in [0.25, 0.3) is 0 Å². The highest BCUT2D eigenvalue weighted by atomic mass is 79.9. The standard InChI is InChI=1S/C13H17BrFN3O/c1-8-6-11(15)10(14)7-12(8)17-9-2-4-18(5-3-9)13(16)19/h6-7,9,17H,2-5H2,1H3,(H2,16,19). The van der Waals surface area contributed by atoms with Crippen molar-refractivity contribution in [2.45, 2.75) is 25.8 Å². The van der Waals surface area contributed by atoms with Crippen molar-refractivity contribution >= 4 is 27.6 Å². The Morgan fingerprint density at radius 3 is 2.68 bits per heavy atom. The van der Waals surface area contributed by atoms with Crippen LogP contribution in [0, 0.1) is 12.7 Å². The topological polar surface area (TPSA) is 58.4 Å². The Labute approximate surface area is 120 Å². The summed E-state index contributed by atoms with van der Waals surface area (Å²) in [7, 11) is 0. The summed E-state index contributed by atoms with van der Waals surface area (Å²) in [5.41, 5.74) is 7.04. The first kappa shape index (κ1) is 14.1. The molecule has 19 heavy (non-hydrogen) atoms. The Kier molecular flexibility index (Phi) is 4.29. The third kappa shape index (κ3) is 3.37. The number of aryl methyl sites for hydroxylation is 1. The van der Waals surface area contributed by atoms with Crippen molar-refractivity contribution in [1.82, 2.24) is 4.90 Å². The lowest BCUT2D eigenvalue weighted by Gasteiger charge is -2.32. The number of hydrogen-bond donors (Lipinski definition) is 2. The van der Waals surface area contributed by atoms with Crippen LogP contribution in [0.5, 0.6) is 0 Å². The van der Waals surface area contributed by atoms with Crippen LogP contribution in [0.3, 0.4) is 0 Å². The van der Waals surface area contributed by atoms with E-state index < -0.39 is 0 Å². The monoisotopic (exact) mass is 329 g/mol. The number of carbonyl (C=O) groups is 1. The van der Waals surface area contributed by atoms with Gasteiger partial charge in [-0.1, -0.05) is 0 Å². The van der Waals surface area contributed by atoms with Crippen LogP contribution in [-0.4, -0.2) is 30.1 Å². The number of anilines is 1. The fourth-order valence-corrected chi connectivity index (χ4v) is 2.61. The fourth-order valence-electron chi connectivity index (χ4n) is 2.27. The second-order valence-corrected chi connectivity index (χ2v) is 5.68. The van der Waals surface area contributed by atoms with Gasteiger partial charge in [0.2, 0.25) is 0 Å². The fraction of sp³-hybridized carbons (Fsp3) is 0.462. The molecule has 0 bridgehead atoms. The molecule has 4 nitrogen and oxygen atoms in total. The summed E-state index contributed by atoms with van der Waals surface area (Å²) in [6, 6.07) is 3.18. The molecule has 1 saturated heterocycles. The SMILES string of the molecule is Cc1cc(F)c(Br)cc1NC1CCN(C(N)=O)CC1. The van der Waals surface area contributed by atoms with E-state index in [9.17, 15) is 9.18 Å². The highest BCUT2D eigenvalue weighted by Gasteiger charge is 2.21. The van der Waals surface area contributed by atoms with Crippen molar-refractivity contribution in [3.8, 4) is 0 Å². The summed E-state index contributed by atoms with van der Waals surface area (Å²) in [5.74, 6) is -0.258. The number of hydrogen-bond acceptors (Lipinski definition) is 2. The van der Waals surface area contributed by atoms with Gasteiger partial charge >= 0.3 is 6.03 Å². The molecule has 3 N–H and O–H groups in total. The normalized spacial score (nSPS) is 16.5. The zero-order valence-electron chi connectivity index (χ0n) is 10.7. The van der Waals surface area contributed by atoms with E-state index in [1.54, 1.807) is 11.0 Å². The summed E-state index contributed by atoms with van der Waals surface area (Å²) >= 11 is 3.19. The minimum Gasteiger partial charge on any atom is -0.382 e. The quantitative estimate of drug-likeness (QED) is 0.876. The van der Waals surface area contributed by atoms with Gasteiger partial charge in [0.05, 0.1) is 4.47 Å². The molecule has 0 aliphatic carbocycles. The molecule has 0 radical (unpaired) electrons.